The van der Waals surface area contributed by atoms with Gasteiger partial charge >= 0.3 is 12.0 Å². The summed E-state index contributed by atoms with van der Waals surface area (Å²) in [7, 11) is 0. The molecule has 1 aromatic rings. The smallest absolute Gasteiger partial charge is 0.317 e. The first-order valence-electron chi connectivity index (χ1n) is 7.57. The van der Waals surface area contributed by atoms with Crippen LogP contribution in [0.1, 0.15) is 24.0 Å². The fraction of sp³-hybridized carbons (Fsp3) is 0.412. The maximum Gasteiger partial charge on any atom is 0.317 e. The second-order valence-electron chi connectivity index (χ2n) is 5.55. The summed E-state index contributed by atoms with van der Waals surface area (Å²) in [5.74, 6) is -1.26. The van der Waals surface area contributed by atoms with Gasteiger partial charge in [-0.1, -0.05) is 36.9 Å². The third-order valence-corrected chi connectivity index (χ3v) is 3.96. The van der Waals surface area contributed by atoms with E-state index in [0.29, 0.717) is 26.1 Å². The number of rotatable bonds is 5. The highest BCUT2D eigenvalue weighted by Crippen LogP contribution is 2.16. The first-order valence-corrected chi connectivity index (χ1v) is 7.57. The quantitative estimate of drug-likeness (QED) is 0.877. The van der Waals surface area contributed by atoms with E-state index in [1.807, 2.05) is 24.3 Å². The fourth-order valence-corrected chi connectivity index (χ4v) is 2.61. The zero-order valence-electron chi connectivity index (χ0n) is 12.6. The van der Waals surface area contributed by atoms with Crippen LogP contribution in [0.4, 0.5) is 4.79 Å². The second kappa shape index (κ2) is 7.64. The van der Waals surface area contributed by atoms with Crippen molar-refractivity contribution in [3.8, 4) is 0 Å². The van der Waals surface area contributed by atoms with E-state index in [9.17, 15) is 9.59 Å². The monoisotopic (exact) mass is 302 g/mol. The topological polar surface area (TPSA) is 69.6 Å². The highest BCUT2D eigenvalue weighted by atomic mass is 16.4. The minimum absolute atomic E-state index is 0.173. The van der Waals surface area contributed by atoms with Gasteiger partial charge in [0.15, 0.2) is 0 Å². The number of likely N-dealkylation sites (tertiary alicyclic amines) is 1. The predicted molar refractivity (Wildman–Crippen MR) is 85.6 cm³/mol. The number of hydrogen-bond acceptors (Lipinski definition) is 2. The molecule has 0 saturated carbocycles. The Bertz CT molecular complexity index is 539. The molecule has 0 aliphatic carbocycles. The van der Waals surface area contributed by atoms with E-state index in [4.69, 9.17) is 5.11 Å². The van der Waals surface area contributed by atoms with Crippen LogP contribution in [0, 0.1) is 5.92 Å². The summed E-state index contributed by atoms with van der Waals surface area (Å²) in [6.07, 6.45) is 3.93. The number of nitrogens with zero attached hydrogens (tertiary/aromatic N) is 1. The average molecular weight is 302 g/mol. The molecule has 1 unspecified atom stereocenters. The molecule has 2 amide bonds. The van der Waals surface area contributed by atoms with Gasteiger partial charge < -0.3 is 15.3 Å². The summed E-state index contributed by atoms with van der Waals surface area (Å²) in [6.45, 7) is 5.18. The van der Waals surface area contributed by atoms with Crippen molar-refractivity contribution in [2.24, 2.45) is 5.92 Å². The van der Waals surface area contributed by atoms with Gasteiger partial charge in [0.2, 0.25) is 0 Å². The summed E-state index contributed by atoms with van der Waals surface area (Å²) in [5.41, 5.74) is 2.22. The number of carbonyl (C=O) groups is 2. The molecule has 5 nitrogen and oxygen atoms in total. The predicted octanol–water partition coefficient (Wildman–Crippen LogP) is 2.38. The number of carboxylic acid groups (broad SMARTS) is 1. The van der Waals surface area contributed by atoms with Gasteiger partial charge in [-0.3, -0.25) is 4.79 Å². The van der Waals surface area contributed by atoms with Gasteiger partial charge in [0.1, 0.15) is 0 Å². The van der Waals surface area contributed by atoms with Crippen LogP contribution in [0.25, 0.3) is 6.08 Å². The number of amides is 2. The molecule has 118 valence electrons. The Morgan fingerprint density at radius 2 is 2.09 bits per heavy atom. The number of carbonyl (C=O) groups excluding carboxylic acids is 1. The molecule has 1 heterocycles. The normalized spacial score (nSPS) is 17.8. The van der Waals surface area contributed by atoms with Crippen LogP contribution in [0.5, 0.6) is 0 Å². The molecule has 0 radical (unpaired) electrons. The molecule has 1 atom stereocenters. The largest absolute Gasteiger partial charge is 0.481 e. The number of carboxylic acids is 1. The average Bonchev–Trinajstić information content (AvgIpc) is 2.55. The van der Waals surface area contributed by atoms with Crippen LogP contribution in [0.3, 0.4) is 0 Å². The highest BCUT2D eigenvalue weighted by molar-refractivity contribution is 5.76. The summed E-state index contributed by atoms with van der Waals surface area (Å²) in [4.78, 5) is 24.7. The lowest BCUT2D eigenvalue weighted by Gasteiger charge is -2.30. The van der Waals surface area contributed by atoms with Crippen LogP contribution < -0.4 is 5.32 Å². The molecule has 22 heavy (non-hydrogen) atoms. The Morgan fingerprint density at radius 3 is 2.73 bits per heavy atom. The molecule has 0 spiro atoms. The van der Waals surface area contributed by atoms with E-state index in [1.54, 1.807) is 11.0 Å². The minimum Gasteiger partial charge on any atom is -0.481 e. The number of urea groups is 1. The molecule has 5 heteroatoms. The lowest BCUT2D eigenvalue weighted by Crippen LogP contribution is -2.47. The molecule has 1 aliphatic rings. The number of aliphatic carboxylic acids is 1. The van der Waals surface area contributed by atoms with Crippen LogP contribution in [-0.4, -0.2) is 41.6 Å². The molecule has 2 N–H and O–H groups in total. The van der Waals surface area contributed by atoms with Crippen LogP contribution >= 0.6 is 0 Å². The summed E-state index contributed by atoms with van der Waals surface area (Å²) < 4.78 is 0. The number of benzene rings is 1. The Hall–Kier alpha value is -2.30. The van der Waals surface area contributed by atoms with Gasteiger partial charge in [0, 0.05) is 19.6 Å². The van der Waals surface area contributed by atoms with Crippen molar-refractivity contribution >= 4 is 18.1 Å². The van der Waals surface area contributed by atoms with E-state index in [0.717, 1.165) is 24.0 Å². The Kier molecular flexibility index (Phi) is 5.58. The van der Waals surface area contributed by atoms with E-state index in [2.05, 4.69) is 11.9 Å². The minimum atomic E-state index is -0.820. The first kappa shape index (κ1) is 16.1. The molecule has 1 fully saturated rings. The van der Waals surface area contributed by atoms with Gasteiger partial charge in [0.05, 0.1) is 5.92 Å². The zero-order chi connectivity index (χ0) is 15.9. The van der Waals surface area contributed by atoms with Crippen molar-refractivity contribution in [3.05, 3.63) is 42.0 Å². The molecular formula is C17H22N2O3. The van der Waals surface area contributed by atoms with Crippen molar-refractivity contribution in [2.75, 3.05) is 19.6 Å². The van der Waals surface area contributed by atoms with Gasteiger partial charge in [-0.05, 0) is 30.4 Å². The maximum atomic E-state index is 12.1. The third kappa shape index (κ3) is 4.35. The molecule has 1 aromatic carbocycles. The molecule has 0 bridgehead atoms. The fourth-order valence-electron chi connectivity index (χ4n) is 2.61. The van der Waals surface area contributed by atoms with Crippen molar-refractivity contribution < 1.29 is 14.7 Å². The SMILES string of the molecule is C=Cc1ccc(CCNC(=O)N2CCCC(C(=O)O)C2)cc1. The van der Waals surface area contributed by atoms with E-state index < -0.39 is 11.9 Å². The van der Waals surface area contributed by atoms with Crippen molar-refractivity contribution in [2.45, 2.75) is 19.3 Å². The van der Waals surface area contributed by atoms with E-state index >= 15 is 0 Å². The van der Waals surface area contributed by atoms with E-state index in [-0.39, 0.29) is 6.03 Å². The third-order valence-electron chi connectivity index (χ3n) is 3.96. The van der Waals surface area contributed by atoms with Crippen LogP contribution in [0.2, 0.25) is 0 Å². The molecule has 2 rings (SSSR count). The van der Waals surface area contributed by atoms with Gasteiger partial charge in [-0.25, -0.2) is 4.79 Å². The van der Waals surface area contributed by atoms with Gasteiger partial charge in [0.25, 0.3) is 0 Å². The van der Waals surface area contributed by atoms with E-state index in [1.165, 1.54) is 0 Å². The lowest BCUT2D eigenvalue weighted by molar-refractivity contribution is -0.143. The molecular weight excluding hydrogens is 280 g/mol. The zero-order valence-corrected chi connectivity index (χ0v) is 12.6. The molecule has 0 aromatic heterocycles. The van der Waals surface area contributed by atoms with Crippen molar-refractivity contribution in [3.63, 3.8) is 0 Å². The molecule has 1 aliphatic heterocycles. The summed E-state index contributed by atoms with van der Waals surface area (Å²) in [6, 6.07) is 7.85. The van der Waals surface area contributed by atoms with Crippen molar-refractivity contribution in [1.29, 1.82) is 0 Å². The number of piperidine rings is 1. The standard InChI is InChI=1S/C17H22N2O3/c1-2-13-5-7-14(8-6-13)9-10-18-17(22)19-11-3-4-15(12-19)16(20)21/h2,5-8,15H,1,3-4,9-12H2,(H,18,22)(H,20,21). The van der Waals surface area contributed by atoms with Gasteiger partial charge in [-0.15, -0.1) is 0 Å². The number of nitrogens with one attached hydrogen (secondary N) is 1. The Balaban J connectivity index is 1.77. The van der Waals surface area contributed by atoms with Crippen LogP contribution in [0.15, 0.2) is 30.8 Å². The lowest BCUT2D eigenvalue weighted by atomic mass is 9.99. The Labute approximate surface area is 130 Å². The second-order valence-corrected chi connectivity index (χ2v) is 5.55. The maximum absolute atomic E-state index is 12.1. The highest BCUT2D eigenvalue weighted by Gasteiger charge is 2.27. The number of hydrogen-bond donors (Lipinski definition) is 2. The van der Waals surface area contributed by atoms with Crippen LogP contribution in [-0.2, 0) is 11.2 Å². The van der Waals surface area contributed by atoms with Gasteiger partial charge in [-0.2, -0.15) is 0 Å². The van der Waals surface area contributed by atoms with Crippen molar-refractivity contribution in [1.82, 2.24) is 10.2 Å². The molecule has 1 saturated heterocycles. The summed E-state index contributed by atoms with van der Waals surface area (Å²) >= 11 is 0. The summed E-state index contributed by atoms with van der Waals surface area (Å²) in [5, 5.41) is 11.9. The first-order chi connectivity index (χ1) is 10.6. The Morgan fingerprint density at radius 1 is 1.36 bits per heavy atom.